The van der Waals surface area contributed by atoms with Crippen LogP contribution in [-0.4, -0.2) is 14.9 Å². The molecular formula is C12H14BrN3O. The first-order valence-corrected chi connectivity index (χ1v) is 5.99. The number of nitrogens with zero attached hydrogens (tertiary/aromatic N) is 2. The highest BCUT2D eigenvalue weighted by Crippen LogP contribution is 2.41. The summed E-state index contributed by atoms with van der Waals surface area (Å²) in [6.45, 7) is 3.88. The molecule has 0 aliphatic rings. The first-order chi connectivity index (χ1) is 7.93. The SMILES string of the molecule is Cc1cc(C)c(-c2cnn(C)c2N)c(O)c1Br. The van der Waals surface area contributed by atoms with Gasteiger partial charge in [0.1, 0.15) is 11.6 Å². The molecule has 1 heterocycles. The van der Waals surface area contributed by atoms with Gasteiger partial charge in [-0.25, -0.2) is 0 Å². The van der Waals surface area contributed by atoms with E-state index in [1.807, 2.05) is 19.9 Å². The Bertz CT molecular complexity index is 590. The van der Waals surface area contributed by atoms with E-state index < -0.39 is 0 Å². The van der Waals surface area contributed by atoms with Crippen LogP contribution < -0.4 is 5.73 Å². The average Bonchev–Trinajstić information content (AvgIpc) is 2.58. The number of anilines is 1. The third-order valence-corrected chi connectivity index (χ3v) is 3.87. The van der Waals surface area contributed by atoms with E-state index in [1.165, 1.54) is 0 Å². The Labute approximate surface area is 108 Å². The van der Waals surface area contributed by atoms with E-state index in [1.54, 1.807) is 17.9 Å². The molecule has 17 heavy (non-hydrogen) atoms. The lowest BCUT2D eigenvalue weighted by Crippen LogP contribution is -1.99. The van der Waals surface area contributed by atoms with Gasteiger partial charge in [0.25, 0.3) is 0 Å². The van der Waals surface area contributed by atoms with Crippen LogP contribution in [0.4, 0.5) is 5.82 Å². The number of rotatable bonds is 1. The molecule has 2 rings (SSSR count). The maximum absolute atomic E-state index is 10.2. The zero-order valence-corrected chi connectivity index (χ0v) is 11.5. The number of aryl methyl sites for hydroxylation is 3. The van der Waals surface area contributed by atoms with Gasteiger partial charge in [-0.2, -0.15) is 5.10 Å². The van der Waals surface area contributed by atoms with Crippen LogP contribution in [0.3, 0.4) is 0 Å². The molecule has 0 aliphatic carbocycles. The molecule has 1 aromatic heterocycles. The summed E-state index contributed by atoms with van der Waals surface area (Å²) in [5.41, 5.74) is 9.38. The number of phenolic OH excluding ortho intramolecular Hbond substituents is 1. The van der Waals surface area contributed by atoms with Crippen molar-refractivity contribution < 1.29 is 5.11 Å². The van der Waals surface area contributed by atoms with E-state index in [2.05, 4.69) is 21.0 Å². The van der Waals surface area contributed by atoms with Crippen molar-refractivity contribution in [3.05, 3.63) is 27.9 Å². The molecule has 0 fully saturated rings. The van der Waals surface area contributed by atoms with E-state index in [0.717, 1.165) is 22.3 Å². The summed E-state index contributed by atoms with van der Waals surface area (Å²) in [6.07, 6.45) is 1.67. The first-order valence-electron chi connectivity index (χ1n) is 5.20. The number of benzene rings is 1. The number of phenols is 1. The van der Waals surface area contributed by atoms with E-state index in [-0.39, 0.29) is 5.75 Å². The summed E-state index contributed by atoms with van der Waals surface area (Å²) < 4.78 is 2.28. The van der Waals surface area contributed by atoms with E-state index >= 15 is 0 Å². The zero-order chi connectivity index (χ0) is 12.7. The van der Waals surface area contributed by atoms with Crippen molar-refractivity contribution in [2.45, 2.75) is 13.8 Å². The van der Waals surface area contributed by atoms with Crippen molar-refractivity contribution in [2.75, 3.05) is 5.73 Å². The van der Waals surface area contributed by atoms with Crippen molar-refractivity contribution in [1.82, 2.24) is 9.78 Å². The number of aromatic nitrogens is 2. The van der Waals surface area contributed by atoms with Gasteiger partial charge in [-0.15, -0.1) is 0 Å². The van der Waals surface area contributed by atoms with Gasteiger partial charge in [-0.3, -0.25) is 4.68 Å². The van der Waals surface area contributed by atoms with Gasteiger partial charge in [-0.1, -0.05) is 6.07 Å². The second-order valence-electron chi connectivity index (χ2n) is 4.12. The molecule has 0 amide bonds. The quantitative estimate of drug-likeness (QED) is 0.850. The average molecular weight is 296 g/mol. The van der Waals surface area contributed by atoms with Crippen molar-refractivity contribution in [1.29, 1.82) is 0 Å². The topological polar surface area (TPSA) is 64.1 Å². The molecule has 0 unspecified atom stereocenters. The Morgan fingerprint density at radius 2 is 2.00 bits per heavy atom. The maximum Gasteiger partial charge on any atom is 0.138 e. The Kier molecular flexibility index (Phi) is 2.87. The Morgan fingerprint density at radius 1 is 1.35 bits per heavy atom. The molecule has 90 valence electrons. The summed E-state index contributed by atoms with van der Waals surface area (Å²) in [7, 11) is 1.77. The second kappa shape index (κ2) is 4.07. The van der Waals surface area contributed by atoms with Crippen LogP contribution in [0.1, 0.15) is 11.1 Å². The number of hydrogen-bond acceptors (Lipinski definition) is 3. The predicted octanol–water partition coefficient (Wildman–Crippen LogP) is 2.75. The van der Waals surface area contributed by atoms with Gasteiger partial charge in [0.2, 0.25) is 0 Å². The highest BCUT2D eigenvalue weighted by Gasteiger charge is 2.17. The summed E-state index contributed by atoms with van der Waals surface area (Å²) in [4.78, 5) is 0. The van der Waals surface area contributed by atoms with Crippen LogP contribution in [-0.2, 0) is 7.05 Å². The third-order valence-electron chi connectivity index (χ3n) is 2.87. The Morgan fingerprint density at radius 3 is 2.53 bits per heavy atom. The summed E-state index contributed by atoms with van der Waals surface area (Å²) in [5, 5.41) is 14.3. The van der Waals surface area contributed by atoms with Crippen LogP contribution in [0.5, 0.6) is 5.75 Å². The lowest BCUT2D eigenvalue weighted by atomic mass is 9.99. The van der Waals surface area contributed by atoms with E-state index in [4.69, 9.17) is 5.73 Å². The minimum atomic E-state index is 0.210. The van der Waals surface area contributed by atoms with E-state index in [0.29, 0.717) is 10.3 Å². The fraction of sp³-hybridized carbons (Fsp3) is 0.250. The van der Waals surface area contributed by atoms with Crippen LogP contribution in [0.2, 0.25) is 0 Å². The minimum Gasteiger partial charge on any atom is -0.506 e. The highest BCUT2D eigenvalue weighted by molar-refractivity contribution is 9.10. The summed E-state index contributed by atoms with van der Waals surface area (Å²) >= 11 is 3.37. The summed E-state index contributed by atoms with van der Waals surface area (Å²) in [5.74, 6) is 0.751. The molecule has 0 atom stereocenters. The molecular weight excluding hydrogens is 282 g/mol. The van der Waals surface area contributed by atoms with E-state index in [9.17, 15) is 5.11 Å². The van der Waals surface area contributed by atoms with Crippen molar-refractivity contribution in [2.24, 2.45) is 7.05 Å². The third kappa shape index (κ3) is 1.80. The Hall–Kier alpha value is -1.49. The molecule has 0 saturated heterocycles. The molecule has 3 N–H and O–H groups in total. The van der Waals surface area contributed by atoms with Crippen molar-refractivity contribution in [3.63, 3.8) is 0 Å². The van der Waals surface area contributed by atoms with Crippen molar-refractivity contribution >= 4 is 21.7 Å². The predicted molar refractivity (Wildman–Crippen MR) is 71.9 cm³/mol. The zero-order valence-electron chi connectivity index (χ0n) is 9.95. The summed E-state index contributed by atoms with van der Waals surface area (Å²) in [6, 6.07) is 2.01. The van der Waals surface area contributed by atoms with Crippen molar-refractivity contribution in [3.8, 4) is 16.9 Å². The highest BCUT2D eigenvalue weighted by atomic mass is 79.9. The van der Waals surface area contributed by atoms with Crippen LogP contribution >= 0.6 is 15.9 Å². The molecule has 5 heteroatoms. The fourth-order valence-electron chi connectivity index (χ4n) is 1.92. The number of aromatic hydroxyl groups is 1. The number of nitrogens with two attached hydrogens (primary N) is 1. The lowest BCUT2D eigenvalue weighted by molar-refractivity contribution is 0.473. The number of nitrogen functional groups attached to an aromatic ring is 1. The monoisotopic (exact) mass is 295 g/mol. The van der Waals surface area contributed by atoms with Crippen LogP contribution in [0.15, 0.2) is 16.7 Å². The van der Waals surface area contributed by atoms with Gasteiger partial charge >= 0.3 is 0 Å². The number of halogens is 1. The number of hydrogen-bond donors (Lipinski definition) is 2. The van der Waals surface area contributed by atoms with Gasteiger partial charge in [0.15, 0.2) is 0 Å². The normalized spacial score (nSPS) is 10.8. The smallest absolute Gasteiger partial charge is 0.138 e. The molecule has 4 nitrogen and oxygen atoms in total. The second-order valence-corrected chi connectivity index (χ2v) is 4.91. The van der Waals surface area contributed by atoms with Gasteiger partial charge in [0.05, 0.1) is 10.7 Å². The molecule has 0 bridgehead atoms. The molecule has 1 aromatic carbocycles. The van der Waals surface area contributed by atoms with Gasteiger partial charge in [-0.05, 0) is 40.9 Å². The van der Waals surface area contributed by atoms with Gasteiger partial charge in [0, 0.05) is 18.2 Å². The molecule has 0 spiro atoms. The minimum absolute atomic E-state index is 0.210. The largest absolute Gasteiger partial charge is 0.506 e. The molecule has 0 radical (unpaired) electrons. The first kappa shape index (κ1) is 12.0. The standard InChI is InChI=1S/C12H14BrN3O/c1-6-4-7(2)10(13)11(17)9(6)8-5-15-16(3)12(8)14/h4-5,17H,14H2,1-3H3. The van der Waals surface area contributed by atoms with Crippen LogP contribution in [0.25, 0.3) is 11.1 Å². The molecule has 0 saturated carbocycles. The Balaban J connectivity index is 2.76. The molecule has 2 aromatic rings. The molecule has 0 aliphatic heterocycles. The van der Waals surface area contributed by atoms with Gasteiger partial charge < -0.3 is 10.8 Å². The lowest BCUT2D eigenvalue weighted by Gasteiger charge is -2.12. The fourth-order valence-corrected chi connectivity index (χ4v) is 2.24. The van der Waals surface area contributed by atoms with Crippen LogP contribution in [0, 0.1) is 13.8 Å². The maximum atomic E-state index is 10.2.